The van der Waals surface area contributed by atoms with E-state index in [1.165, 1.54) is 0 Å². The molecule has 7 nitrogen and oxygen atoms in total. The maximum atomic E-state index is 5.81. The molecule has 0 amide bonds. The smallest absolute Gasteiger partial charge is 0.247 e. The number of fused-ring (bicyclic) bond motifs is 1. The van der Waals surface area contributed by atoms with Gasteiger partial charge in [0.05, 0.1) is 29.1 Å². The molecular formula is C22H25N5O2S. The summed E-state index contributed by atoms with van der Waals surface area (Å²) in [6, 6.07) is 15.8. The van der Waals surface area contributed by atoms with Crippen LogP contribution in [-0.2, 0) is 11.5 Å². The van der Waals surface area contributed by atoms with Crippen LogP contribution in [-0.4, -0.2) is 52.3 Å². The maximum Gasteiger partial charge on any atom is 0.247 e. The topological polar surface area (TPSA) is 80.1 Å². The highest BCUT2D eigenvalue weighted by atomic mass is 32.2. The Balaban J connectivity index is 1.27. The van der Waals surface area contributed by atoms with Gasteiger partial charge in [0.15, 0.2) is 0 Å². The van der Waals surface area contributed by atoms with E-state index < -0.39 is 0 Å². The van der Waals surface area contributed by atoms with Crippen molar-refractivity contribution in [2.24, 2.45) is 0 Å². The first-order valence-corrected chi connectivity index (χ1v) is 11.0. The van der Waals surface area contributed by atoms with Crippen LogP contribution in [0.3, 0.4) is 0 Å². The number of hydrogen-bond donors (Lipinski definition) is 1. The average molecular weight is 424 g/mol. The van der Waals surface area contributed by atoms with Crippen molar-refractivity contribution in [1.82, 2.24) is 25.1 Å². The quantitative estimate of drug-likeness (QED) is 0.379. The number of hydrogen-bond acceptors (Lipinski definition) is 7. The van der Waals surface area contributed by atoms with Gasteiger partial charge in [-0.3, -0.25) is 0 Å². The van der Waals surface area contributed by atoms with E-state index in [-0.39, 0.29) is 0 Å². The van der Waals surface area contributed by atoms with Gasteiger partial charge in [-0.25, -0.2) is 4.98 Å². The van der Waals surface area contributed by atoms with Crippen LogP contribution in [0.15, 0.2) is 52.9 Å². The second kappa shape index (κ2) is 9.77. The summed E-state index contributed by atoms with van der Waals surface area (Å²) in [4.78, 5) is 10.1. The third kappa shape index (κ3) is 5.40. The summed E-state index contributed by atoms with van der Waals surface area (Å²) < 4.78 is 11.6. The molecule has 0 fully saturated rings. The zero-order chi connectivity index (χ0) is 20.8. The molecule has 4 rings (SSSR count). The molecule has 2 aromatic carbocycles. The van der Waals surface area contributed by atoms with E-state index in [9.17, 15) is 0 Å². The molecule has 2 aromatic heterocycles. The standard InChI is InChI=1S/C22H25N5O2S/c1-27(2)12-5-13-28-17-10-8-16(9-11-17)22-26-25-21(29-22)15-30-14-20-23-18-6-3-4-7-19(18)24-20/h3-4,6-11H,5,12-15H2,1-2H3,(H,23,24). The fourth-order valence-electron chi connectivity index (χ4n) is 3.00. The first kappa shape index (κ1) is 20.4. The monoisotopic (exact) mass is 423 g/mol. The van der Waals surface area contributed by atoms with Gasteiger partial charge in [0.25, 0.3) is 0 Å². The van der Waals surface area contributed by atoms with Crippen LogP contribution in [0.2, 0.25) is 0 Å². The summed E-state index contributed by atoms with van der Waals surface area (Å²) >= 11 is 1.69. The van der Waals surface area contributed by atoms with Crippen molar-refractivity contribution in [2.75, 3.05) is 27.2 Å². The highest BCUT2D eigenvalue weighted by Gasteiger charge is 2.10. The molecule has 4 aromatic rings. The van der Waals surface area contributed by atoms with Gasteiger partial charge in [0, 0.05) is 12.1 Å². The van der Waals surface area contributed by atoms with E-state index in [2.05, 4.69) is 39.2 Å². The summed E-state index contributed by atoms with van der Waals surface area (Å²) in [5.41, 5.74) is 2.92. The Labute approximate surface area is 179 Å². The Morgan fingerprint density at radius 2 is 1.87 bits per heavy atom. The van der Waals surface area contributed by atoms with Gasteiger partial charge in [-0.15, -0.1) is 22.0 Å². The van der Waals surface area contributed by atoms with Gasteiger partial charge in [0.1, 0.15) is 11.6 Å². The van der Waals surface area contributed by atoms with Crippen LogP contribution in [0, 0.1) is 0 Å². The van der Waals surface area contributed by atoms with Gasteiger partial charge < -0.3 is 19.0 Å². The van der Waals surface area contributed by atoms with Crippen LogP contribution >= 0.6 is 11.8 Å². The normalized spacial score (nSPS) is 11.4. The molecular weight excluding hydrogens is 398 g/mol. The molecule has 0 spiro atoms. The summed E-state index contributed by atoms with van der Waals surface area (Å²) in [5.74, 6) is 4.31. The first-order chi connectivity index (χ1) is 14.7. The molecule has 0 aliphatic rings. The number of ether oxygens (including phenoxy) is 1. The number of rotatable bonds is 10. The van der Waals surface area contributed by atoms with Gasteiger partial charge in [-0.05, 0) is 56.9 Å². The number of H-pyrrole nitrogens is 1. The number of imidazole rings is 1. The summed E-state index contributed by atoms with van der Waals surface area (Å²) in [6.45, 7) is 1.71. The number of aromatic amines is 1. The highest BCUT2D eigenvalue weighted by Crippen LogP contribution is 2.24. The molecule has 30 heavy (non-hydrogen) atoms. The number of benzene rings is 2. The van der Waals surface area contributed by atoms with Gasteiger partial charge in [-0.2, -0.15) is 0 Å². The SMILES string of the molecule is CN(C)CCCOc1ccc(-c2nnc(CSCc3nc4ccccc4[nH]3)o2)cc1. The second-order valence-corrected chi connectivity index (χ2v) is 8.21. The molecule has 0 atom stereocenters. The van der Waals surface area contributed by atoms with Crippen molar-refractivity contribution in [3.63, 3.8) is 0 Å². The van der Waals surface area contributed by atoms with Crippen LogP contribution in [0.5, 0.6) is 5.75 Å². The van der Waals surface area contributed by atoms with Crippen molar-refractivity contribution < 1.29 is 9.15 Å². The minimum atomic E-state index is 0.522. The van der Waals surface area contributed by atoms with Crippen molar-refractivity contribution in [3.8, 4) is 17.2 Å². The zero-order valence-electron chi connectivity index (χ0n) is 17.2. The third-order valence-corrected chi connectivity index (χ3v) is 5.42. The van der Waals surface area contributed by atoms with Crippen molar-refractivity contribution in [3.05, 3.63) is 60.2 Å². The van der Waals surface area contributed by atoms with Gasteiger partial charge in [-0.1, -0.05) is 12.1 Å². The van der Waals surface area contributed by atoms with Crippen LogP contribution in [0.1, 0.15) is 18.1 Å². The molecule has 2 heterocycles. The lowest BCUT2D eigenvalue weighted by Crippen LogP contribution is -2.15. The third-order valence-electron chi connectivity index (χ3n) is 4.49. The minimum Gasteiger partial charge on any atom is -0.494 e. The first-order valence-electron chi connectivity index (χ1n) is 9.89. The lowest BCUT2D eigenvalue weighted by atomic mass is 10.2. The summed E-state index contributed by atoms with van der Waals surface area (Å²) in [7, 11) is 4.12. The molecule has 8 heteroatoms. The van der Waals surface area contributed by atoms with E-state index in [1.54, 1.807) is 11.8 Å². The van der Waals surface area contributed by atoms with E-state index in [0.717, 1.165) is 46.9 Å². The van der Waals surface area contributed by atoms with Crippen LogP contribution in [0.4, 0.5) is 0 Å². The van der Waals surface area contributed by atoms with E-state index in [1.807, 2.05) is 48.5 Å². The molecule has 0 saturated carbocycles. The Morgan fingerprint density at radius 3 is 2.67 bits per heavy atom. The van der Waals surface area contributed by atoms with E-state index in [4.69, 9.17) is 9.15 Å². The predicted molar refractivity (Wildman–Crippen MR) is 119 cm³/mol. The van der Waals surface area contributed by atoms with Crippen LogP contribution in [0.25, 0.3) is 22.5 Å². The Kier molecular flexibility index (Phi) is 6.66. The van der Waals surface area contributed by atoms with Crippen molar-refractivity contribution in [2.45, 2.75) is 17.9 Å². The largest absolute Gasteiger partial charge is 0.494 e. The van der Waals surface area contributed by atoms with Gasteiger partial charge >= 0.3 is 0 Å². The molecule has 0 unspecified atom stereocenters. The summed E-state index contributed by atoms with van der Waals surface area (Å²) in [6.07, 6.45) is 0.994. The highest BCUT2D eigenvalue weighted by molar-refractivity contribution is 7.97. The Bertz CT molecular complexity index is 1040. The fraction of sp³-hybridized carbons (Fsp3) is 0.318. The van der Waals surface area contributed by atoms with Crippen molar-refractivity contribution >= 4 is 22.8 Å². The number of thioether (sulfide) groups is 1. The van der Waals surface area contributed by atoms with Crippen LogP contribution < -0.4 is 4.74 Å². The molecule has 0 bridgehead atoms. The fourth-order valence-corrected chi connectivity index (χ4v) is 3.73. The zero-order valence-corrected chi connectivity index (χ0v) is 18.0. The molecule has 0 aliphatic carbocycles. The van der Waals surface area contributed by atoms with Gasteiger partial charge in [0.2, 0.25) is 11.8 Å². The molecule has 1 N–H and O–H groups in total. The molecule has 0 saturated heterocycles. The lowest BCUT2D eigenvalue weighted by Gasteiger charge is -2.10. The number of nitrogens with one attached hydrogen (secondary N) is 1. The lowest BCUT2D eigenvalue weighted by molar-refractivity contribution is 0.281. The number of nitrogens with zero attached hydrogens (tertiary/aromatic N) is 4. The number of aromatic nitrogens is 4. The number of para-hydroxylation sites is 2. The Morgan fingerprint density at radius 1 is 1.03 bits per heavy atom. The summed E-state index contributed by atoms with van der Waals surface area (Å²) in [5, 5.41) is 8.33. The molecule has 0 radical (unpaired) electrons. The van der Waals surface area contributed by atoms with Crippen molar-refractivity contribution in [1.29, 1.82) is 0 Å². The second-order valence-electron chi connectivity index (χ2n) is 7.22. The molecule has 156 valence electrons. The maximum absolute atomic E-state index is 5.81. The predicted octanol–water partition coefficient (Wildman–Crippen LogP) is 4.38. The average Bonchev–Trinajstić information content (AvgIpc) is 3.38. The van der Waals surface area contributed by atoms with E-state index in [0.29, 0.717) is 24.1 Å². The minimum absolute atomic E-state index is 0.522. The van der Waals surface area contributed by atoms with E-state index >= 15 is 0 Å². The Hall–Kier alpha value is -2.84. The molecule has 0 aliphatic heterocycles.